The molecule has 11 nitrogen and oxygen atoms in total. The topological polar surface area (TPSA) is 147 Å². The van der Waals surface area contributed by atoms with Crippen molar-refractivity contribution in [3.63, 3.8) is 0 Å². The van der Waals surface area contributed by atoms with Crippen LogP contribution in [0.5, 0.6) is 0 Å². The Hall–Kier alpha value is -2.71. The quantitative estimate of drug-likeness (QED) is 0.419. The fourth-order valence-corrected chi connectivity index (χ4v) is 2.57. The van der Waals surface area contributed by atoms with Gasteiger partial charge in [-0.2, -0.15) is 5.26 Å². The van der Waals surface area contributed by atoms with Crippen molar-refractivity contribution in [1.82, 2.24) is 0 Å². The lowest BCUT2D eigenvalue weighted by Gasteiger charge is -2.43. The van der Waals surface area contributed by atoms with Gasteiger partial charge in [-0.3, -0.25) is 14.4 Å². The van der Waals surface area contributed by atoms with E-state index in [1.807, 2.05) is 6.07 Å². The van der Waals surface area contributed by atoms with Crippen LogP contribution in [0.4, 0.5) is 0 Å². The number of carbonyl (C=O) groups excluding carboxylic acids is 4. The molecular weight excluding hydrogens is 378 g/mol. The molecule has 6 atom stereocenters. The number of rotatable bonds is 7. The van der Waals surface area contributed by atoms with Crippen molar-refractivity contribution < 1.29 is 47.6 Å². The van der Waals surface area contributed by atoms with Crippen LogP contribution in [-0.4, -0.2) is 67.8 Å². The Bertz CT molecular complexity index is 642. The van der Waals surface area contributed by atoms with Crippen LogP contribution in [0.15, 0.2) is 0 Å². The molecule has 0 aromatic carbocycles. The Morgan fingerprint density at radius 3 is 1.89 bits per heavy atom. The third-order valence-corrected chi connectivity index (χ3v) is 3.65. The highest BCUT2D eigenvalue weighted by Gasteiger charge is 2.55. The number of esters is 4. The minimum absolute atomic E-state index is 0.262. The number of methoxy groups -OCH3 is 1. The molecule has 0 aromatic rings. The van der Waals surface area contributed by atoms with Gasteiger partial charge < -0.3 is 28.4 Å². The van der Waals surface area contributed by atoms with Gasteiger partial charge in [0.05, 0.1) is 13.2 Å². The number of nitrogens with zero attached hydrogens (tertiary/aromatic N) is 1. The number of carbonyl (C=O) groups is 4. The van der Waals surface area contributed by atoms with E-state index in [4.69, 9.17) is 28.9 Å². The summed E-state index contributed by atoms with van der Waals surface area (Å²) in [6.45, 7) is 4.92. The molecule has 11 heteroatoms. The van der Waals surface area contributed by atoms with E-state index >= 15 is 0 Å². The molecule has 0 saturated carbocycles. The summed E-state index contributed by atoms with van der Waals surface area (Å²) in [6, 6.07) is 1.88. The lowest BCUT2D eigenvalue weighted by molar-refractivity contribution is -0.306. The third-order valence-electron chi connectivity index (χ3n) is 3.65. The van der Waals surface area contributed by atoms with Crippen LogP contribution >= 0.6 is 0 Å². The maximum Gasteiger partial charge on any atom is 0.339 e. The minimum Gasteiger partial charge on any atom is -0.467 e. The standard InChI is InChI=1S/C17H23NO10/c1-6-11(7-18)27-17-15(26-10(4)21)13(25-9(3)20)12(24-8(2)19)14(28-17)16(22)23-5/h11-15,17H,6H2,1-5H3/t11?,12-,13-,14-,15+,17+/m0/s1. The van der Waals surface area contributed by atoms with E-state index in [2.05, 4.69) is 4.74 Å². The number of hydrogen-bond acceptors (Lipinski definition) is 11. The summed E-state index contributed by atoms with van der Waals surface area (Å²) in [5, 5.41) is 9.14. The second kappa shape index (κ2) is 10.6. The summed E-state index contributed by atoms with van der Waals surface area (Å²) >= 11 is 0. The molecule has 0 bridgehead atoms. The minimum atomic E-state index is -1.55. The number of hydrogen-bond donors (Lipinski definition) is 0. The molecule has 0 aromatic heterocycles. The molecule has 0 amide bonds. The normalized spacial score (nSPS) is 27.6. The van der Waals surface area contributed by atoms with E-state index < -0.39 is 60.7 Å². The van der Waals surface area contributed by atoms with Crippen molar-refractivity contribution in [2.45, 2.75) is 70.9 Å². The van der Waals surface area contributed by atoms with E-state index in [0.717, 1.165) is 27.9 Å². The second-order valence-electron chi connectivity index (χ2n) is 5.83. The average molecular weight is 401 g/mol. The predicted octanol–water partition coefficient (Wildman–Crippen LogP) is -0.00182. The Kier molecular flexibility index (Phi) is 8.81. The van der Waals surface area contributed by atoms with Gasteiger partial charge in [0, 0.05) is 20.8 Å². The zero-order valence-corrected chi connectivity index (χ0v) is 16.2. The Morgan fingerprint density at radius 1 is 0.964 bits per heavy atom. The second-order valence-corrected chi connectivity index (χ2v) is 5.83. The lowest BCUT2D eigenvalue weighted by atomic mass is 9.97. The fourth-order valence-electron chi connectivity index (χ4n) is 2.57. The molecule has 0 aliphatic carbocycles. The molecule has 1 unspecified atom stereocenters. The van der Waals surface area contributed by atoms with Crippen LogP contribution in [0.3, 0.4) is 0 Å². The molecular formula is C17H23NO10. The van der Waals surface area contributed by atoms with Crippen molar-refractivity contribution in [3.05, 3.63) is 0 Å². The first-order valence-corrected chi connectivity index (χ1v) is 8.44. The van der Waals surface area contributed by atoms with Crippen molar-refractivity contribution in [3.8, 4) is 6.07 Å². The van der Waals surface area contributed by atoms with Gasteiger partial charge in [-0.1, -0.05) is 6.92 Å². The maximum atomic E-state index is 12.2. The summed E-state index contributed by atoms with van der Waals surface area (Å²) < 4.78 is 31.1. The zero-order chi connectivity index (χ0) is 21.4. The molecule has 1 fully saturated rings. The number of ether oxygens (including phenoxy) is 6. The first-order valence-electron chi connectivity index (χ1n) is 8.44. The van der Waals surface area contributed by atoms with Crippen molar-refractivity contribution in [2.75, 3.05) is 7.11 Å². The van der Waals surface area contributed by atoms with Gasteiger partial charge in [0.2, 0.25) is 6.29 Å². The van der Waals surface area contributed by atoms with Crippen LogP contribution in [0.1, 0.15) is 34.1 Å². The maximum absolute atomic E-state index is 12.2. The van der Waals surface area contributed by atoms with Gasteiger partial charge in [-0.05, 0) is 6.42 Å². The Balaban J connectivity index is 3.40. The van der Waals surface area contributed by atoms with E-state index in [-0.39, 0.29) is 6.42 Å². The lowest BCUT2D eigenvalue weighted by Crippen LogP contribution is -2.64. The Labute approximate surface area is 161 Å². The molecule has 0 N–H and O–H groups in total. The van der Waals surface area contributed by atoms with Gasteiger partial charge in [-0.25, -0.2) is 4.79 Å². The summed E-state index contributed by atoms with van der Waals surface area (Å²) in [6.07, 6.45) is -8.04. The van der Waals surface area contributed by atoms with Crippen LogP contribution in [-0.2, 0) is 47.6 Å². The monoisotopic (exact) mass is 401 g/mol. The molecule has 1 rings (SSSR count). The average Bonchev–Trinajstić information content (AvgIpc) is 2.61. The van der Waals surface area contributed by atoms with Gasteiger partial charge in [0.1, 0.15) is 6.10 Å². The molecule has 28 heavy (non-hydrogen) atoms. The van der Waals surface area contributed by atoms with Crippen LogP contribution < -0.4 is 0 Å². The van der Waals surface area contributed by atoms with Crippen LogP contribution in [0.25, 0.3) is 0 Å². The smallest absolute Gasteiger partial charge is 0.339 e. The fraction of sp³-hybridized carbons (Fsp3) is 0.706. The van der Waals surface area contributed by atoms with Gasteiger partial charge >= 0.3 is 23.9 Å². The molecule has 1 aliphatic heterocycles. The molecule has 1 heterocycles. The SMILES string of the molecule is CCC(C#N)O[C@@H]1O[C@H](C(=O)OC)[C@@H](OC(C)=O)[C@H](OC(C)=O)[C@H]1OC(C)=O. The molecule has 156 valence electrons. The number of nitriles is 1. The summed E-state index contributed by atoms with van der Waals surface area (Å²) in [5.41, 5.74) is 0. The highest BCUT2D eigenvalue weighted by atomic mass is 16.7. The van der Waals surface area contributed by atoms with E-state index in [9.17, 15) is 19.2 Å². The summed E-state index contributed by atoms with van der Waals surface area (Å²) in [4.78, 5) is 46.9. The van der Waals surface area contributed by atoms with Crippen LogP contribution in [0, 0.1) is 11.3 Å². The molecule has 0 spiro atoms. The molecule has 1 saturated heterocycles. The van der Waals surface area contributed by atoms with Gasteiger partial charge in [0.15, 0.2) is 24.4 Å². The molecule has 0 radical (unpaired) electrons. The van der Waals surface area contributed by atoms with Crippen LogP contribution in [0.2, 0.25) is 0 Å². The zero-order valence-electron chi connectivity index (χ0n) is 16.2. The largest absolute Gasteiger partial charge is 0.467 e. The summed E-state index contributed by atoms with van der Waals surface area (Å²) in [7, 11) is 1.08. The van der Waals surface area contributed by atoms with Crippen molar-refractivity contribution >= 4 is 23.9 Å². The predicted molar refractivity (Wildman–Crippen MR) is 88.1 cm³/mol. The van der Waals surface area contributed by atoms with Gasteiger partial charge in [-0.15, -0.1) is 0 Å². The highest BCUT2D eigenvalue weighted by Crippen LogP contribution is 2.31. The van der Waals surface area contributed by atoms with E-state index in [0.29, 0.717) is 0 Å². The summed E-state index contributed by atoms with van der Waals surface area (Å²) in [5.74, 6) is -3.31. The van der Waals surface area contributed by atoms with Crippen molar-refractivity contribution in [1.29, 1.82) is 5.26 Å². The molecule has 1 aliphatic rings. The van der Waals surface area contributed by atoms with Gasteiger partial charge in [0.25, 0.3) is 0 Å². The third kappa shape index (κ3) is 6.17. The van der Waals surface area contributed by atoms with Crippen molar-refractivity contribution in [2.24, 2.45) is 0 Å². The van der Waals surface area contributed by atoms with E-state index in [1.165, 1.54) is 0 Å². The first kappa shape index (κ1) is 23.3. The Morgan fingerprint density at radius 2 is 1.46 bits per heavy atom. The highest BCUT2D eigenvalue weighted by molar-refractivity contribution is 5.77. The first-order chi connectivity index (χ1) is 13.1. The van der Waals surface area contributed by atoms with E-state index in [1.54, 1.807) is 6.92 Å².